The number of rotatable bonds is 7. The summed E-state index contributed by atoms with van der Waals surface area (Å²) in [5.74, 6) is 0. The largest absolute Gasteiger partial charge is 0.309 e. The fourth-order valence-electron chi connectivity index (χ4n) is 2.32. The van der Waals surface area contributed by atoms with Crippen molar-refractivity contribution in [1.82, 2.24) is 15.1 Å². The Morgan fingerprint density at radius 3 is 2.80 bits per heavy atom. The van der Waals surface area contributed by atoms with Crippen molar-refractivity contribution in [3.8, 4) is 0 Å². The summed E-state index contributed by atoms with van der Waals surface area (Å²) in [6.07, 6.45) is 3.07. The van der Waals surface area contributed by atoms with Crippen molar-refractivity contribution >= 4 is 27.3 Å². The van der Waals surface area contributed by atoms with Gasteiger partial charge in [-0.15, -0.1) is 11.3 Å². The Balaban J connectivity index is 2.21. The molecule has 2 aromatic rings. The molecule has 0 aliphatic heterocycles. The van der Waals surface area contributed by atoms with Crippen LogP contribution in [0, 0.1) is 0 Å². The molecular weight excluding hydrogens is 334 g/mol. The summed E-state index contributed by atoms with van der Waals surface area (Å²) in [6, 6.07) is 4.70. The second kappa shape index (κ2) is 7.38. The molecule has 1 atom stereocenters. The molecule has 110 valence electrons. The van der Waals surface area contributed by atoms with E-state index in [1.54, 1.807) is 0 Å². The van der Waals surface area contributed by atoms with Gasteiger partial charge in [-0.05, 0) is 46.8 Å². The van der Waals surface area contributed by atoms with Gasteiger partial charge in [-0.1, -0.05) is 19.9 Å². The van der Waals surface area contributed by atoms with Gasteiger partial charge in [0.1, 0.15) is 0 Å². The van der Waals surface area contributed by atoms with Crippen molar-refractivity contribution in [2.24, 2.45) is 7.05 Å². The van der Waals surface area contributed by atoms with E-state index in [0.717, 1.165) is 31.5 Å². The Hall–Kier alpha value is -0.650. The maximum atomic E-state index is 4.59. The monoisotopic (exact) mass is 355 g/mol. The highest BCUT2D eigenvalue weighted by Crippen LogP contribution is 2.28. The average Bonchev–Trinajstić information content (AvgIpc) is 3.05. The van der Waals surface area contributed by atoms with Gasteiger partial charge in [0.25, 0.3) is 0 Å². The van der Waals surface area contributed by atoms with E-state index in [1.165, 1.54) is 15.0 Å². The molecule has 1 unspecified atom stereocenters. The van der Waals surface area contributed by atoms with Crippen molar-refractivity contribution in [1.29, 1.82) is 0 Å². The lowest BCUT2D eigenvalue weighted by atomic mass is 10.1. The molecule has 2 aromatic heterocycles. The van der Waals surface area contributed by atoms with E-state index in [1.807, 2.05) is 23.1 Å². The zero-order chi connectivity index (χ0) is 14.5. The van der Waals surface area contributed by atoms with Gasteiger partial charge in [-0.25, -0.2) is 0 Å². The Kier molecular flexibility index (Phi) is 5.81. The third-order valence-electron chi connectivity index (χ3n) is 3.43. The maximum Gasteiger partial charge on any atom is 0.0766 e. The minimum absolute atomic E-state index is 0.367. The van der Waals surface area contributed by atoms with Crippen LogP contribution in [0.15, 0.2) is 22.0 Å². The number of nitrogens with one attached hydrogen (secondary N) is 1. The molecule has 0 aromatic carbocycles. The molecule has 0 saturated heterocycles. The molecule has 3 nitrogen and oxygen atoms in total. The van der Waals surface area contributed by atoms with Crippen LogP contribution in [0.2, 0.25) is 0 Å². The number of aromatic nitrogens is 2. The number of aryl methyl sites for hydroxylation is 2. The van der Waals surface area contributed by atoms with E-state index >= 15 is 0 Å². The lowest BCUT2D eigenvalue weighted by Crippen LogP contribution is -2.24. The fourth-order valence-corrected chi connectivity index (χ4v) is 3.90. The molecule has 0 saturated carbocycles. The summed E-state index contributed by atoms with van der Waals surface area (Å²) in [4.78, 5) is 1.39. The van der Waals surface area contributed by atoms with Crippen LogP contribution < -0.4 is 5.32 Å². The Morgan fingerprint density at radius 2 is 2.25 bits per heavy atom. The highest BCUT2D eigenvalue weighted by atomic mass is 79.9. The summed E-state index contributed by atoms with van der Waals surface area (Å²) >= 11 is 5.53. The molecule has 0 aliphatic carbocycles. The minimum atomic E-state index is 0.367. The Bertz CT molecular complexity index is 534. The first-order valence-corrected chi connectivity index (χ1v) is 8.81. The van der Waals surface area contributed by atoms with E-state index in [0.29, 0.717) is 6.04 Å². The summed E-state index contributed by atoms with van der Waals surface area (Å²) in [5, 5.41) is 10.4. The molecule has 2 heterocycles. The van der Waals surface area contributed by atoms with E-state index in [2.05, 4.69) is 57.7 Å². The molecular formula is C15H22BrN3S. The zero-order valence-corrected chi connectivity index (χ0v) is 14.7. The first-order valence-electron chi connectivity index (χ1n) is 7.14. The normalized spacial score (nSPS) is 12.8. The van der Waals surface area contributed by atoms with E-state index in [4.69, 9.17) is 0 Å². The molecule has 0 aliphatic rings. The Morgan fingerprint density at radius 1 is 1.45 bits per heavy atom. The second-order valence-corrected chi connectivity index (χ2v) is 6.68. The summed E-state index contributed by atoms with van der Waals surface area (Å²) in [6.45, 7) is 5.38. The van der Waals surface area contributed by atoms with E-state index in [-0.39, 0.29) is 0 Å². The van der Waals surface area contributed by atoms with Crippen LogP contribution in [0.4, 0.5) is 0 Å². The highest BCUT2D eigenvalue weighted by molar-refractivity contribution is 9.10. The number of halogens is 1. The smallest absolute Gasteiger partial charge is 0.0766 e. The quantitative estimate of drug-likeness (QED) is 0.810. The predicted octanol–water partition coefficient (Wildman–Crippen LogP) is 4.09. The predicted molar refractivity (Wildman–Crippen MR) is 89.3 cm³/mol. The van der Waals surface area contributed by atoms with Crippen molar-refractivity contribution < 1.29 is 0 Å². The fraction of sp³-hybridized carbons (Fsp3) is 0.533. The van der Waals surface area contributed by atoms with E-state index in [9.17, 15) is 0 Å². The minimum Gasteiger partial charge on any atom is -0.309 e. The molecule has 0 amide bonds. The van der Waals surface area contributed by atoms with Crippen molar-refractivity contribution in [2.45, 2.75) is 39.2 Å². The van der Waals surface area contributed by atoms with Gasteiger partial charge < -0.3 is 5.32 Å². The first-order chi connectivity index (χ1) is 9.67. The van der Waals surface area contributed by atoms with Crippen LogP contribution in [-0.2, 0) is 19.9 Å². The third kappa shape index (κ3) is 3.51. The zero-order valence-electron chi connectivity index (χ0n) is 12.3. The summed E-state index contributed by atoms with van der Waals surface area (Å²) in [7, 11) is 2.03. The molecule has 1 N–H and O–H groups in total. The van der Waals surface area contributed by atoms with Crippen molar-refractivity contribution in [3.05, 3.63) is 38.3 Å². The van der Waals surface area contributed by atoms with Crippen LogP contribution in [0.25, 0.3) is 0 Å². The molecule has 2 rings (SSSR count). The number of hydrogen-bond acceptors (Lipinski definition) is 3. The molecule has 0 bridgehead atoms. The lowest BCUT2D eigenvalue weighted by molar-refractivity contribution is 0.518. The van der Waals surface area contributed by atoms with Crippen LogP contribution in [0.1, 0.15) is 42.6 Å². The molecule has 0 radical (unpaired) electrons. The first kappa shape index (κ1) is 15.7. The highest BCUT2D eigenvalue weighted by Gasteiger charge is 2.19. The van der Waals surface area contributed by atoms with Gasteiger partial charge in [0.15, 0.2) is 0 Å². The van der Waals surface area contributed by atoms with Gasteiger partial charge in [0.05, 0.1) is 15.9 Å². The van der Waals surface area contributed by atoms with Gasteiger partial charge in [0, 0.05) is 24.4 Å². The van der Waals surface area contributed by atoms with Crippen molar-refractivity contribution in [3.63, 3.8) is 0 Å². The molecule has 5 heteroatoms. The lowest BCUT2D eigenvalue weighted by Gasteiger charge is -2.17. The molecule has 0 spiro atoms. The number of hydrogen-bond donors (Lipinski definition) is 1. The van der Waals surface area contributed by atoms with Gasteiger partial charge in [-0.2, -0.15) is 5.10 Å². The third-order valence-corrected chi connectivity index (χ3v) is 5.33. The maximum absolute atomic E-state index is 4.59. The number of thiophene rings is 1. The summed E-state index contributed by atoms with van der Waals surface area (Å²) in [5.41, 5.74) is 2.41. The summed E-state index contributed by atoms with van der Waals surface area (Å²) < 4.78 is 3.18. The standard InChI is InChI=1S/C15H22BrN3S/c1-4-8-17-12(14-7-6-9-20-14)10-13-15(16)11(5-2)18-19(13)3/h6-7,9,12,17H,4-5,8,10H2,1-3H3. The van der Waals surface area contributed by atoms with Crippen molar-refractivity contribution in [2.75, 3.05) is 6.54 Å². The van der Waals surface area contributed by atoms with Gasteiger partial charge in [-0.3, -0.25) is 4.68 Å². The molecule has 0 fully saturated rings. The van der Waals surface area contributed by atoms with Crippen LogP contribution in [0.5, 0.6) is 0 Å². The van der Waals surface area contributed by atoms with Gasteiger partial charge >= 0.3 is 0 Å². The van der Waals surface area contributed by atoms with Crippen LogP contribution >= 0.6 is 27.3 Å². The van der Waals surface area contributed by atoms with E-state index < -0.39 is 0 Å². The SMILES string of the molecule is CCCNC(Cc1c(Br)c(CC)nn1C)c1cccs1. The Labute approximate surface area is 133 Å². The average molecular weight is 356 g/mol. The second-order valence-electron chi connectivity index (χ2n) is 4.91. The number of nitrogens with zero attached hydrogens (tertiary/aromatic N) is 2. The van der Waals surface area contributed by atoms with Gasteiger partial charge in [0.2, 0.25) is 0 Å². The van der Waals surface area contributed by atoms with Crippen LogP contribution in [-0.4, -0.2) is 16.3 Å². The van der Waals surface area contributed by atoms with Crippen LogP contribution in [0.3, 0.4) is 0 Å². The molecule has 20 heavy (non-hydrogen) atoms. The topological polar surface area (TPSA) is 29.9 Å².